The molecule has 12 atom stereocenters. The number of rotatable bonds is 33. The molecule has 27 nitrogen and oxygen atoms in total. The van der Waals surface area contributed by atoms with Crippen LogP contribution < -0.4 is 65.5 Å². The van der Waals surface area contributed by atoms with Crippen LogP contribution in [0.4, 0.5) is 0 Å². The van der Waals surface area contributed by atoms with Gasteiger partial charge in [0.2, 0.25) is 65.0 Å². The van der Waals surface area contributed by atoms with Gasteiger partial charge in [0.15, 0.2) is 5.96 Å². The maximum atomic E-state index is 14.3. The minimum Gasteiger partial charge on any atom is -0.391 e. The minimum absolute atomic E-state index is 0.0163. The first-order chi connectivity index (χ1) is 37.2. The molecule has 17 N–H and O–H groups in total. The molecule has 0 saturated carbocycles. The highest BCUT2D eigenvalue weighted by Crippen LogP contribution is 2.21. The number of aliphatic hydroxyl groups excluding tert-OH is 1. The van der Waals surface area contributed by atoms with Crippen LogP contribution in [-0.4, -0.2) is 155 Å². The number of nitrogens with zero attached hydrogens (tertiary/aromatic N) is 3. The number of benzene rings is 1. The smallest absolute Gasteiger partial charge is 0.245 e. The largest absolute Gasteiger partial charge is 0.391 e. The molecule has 0 aliphatic carbocycles. The number of carbonyl (C=O) groups is 11. The molecular weight excluding hydrogens is 1030 g/mol. The molecule has 1 fully saturated rings. The second-order valence-corrected chi connectivity index (χ2v) is 20.0. The van der Waals surface area contributed by atoms with Gasteiger partial charge in [0.1, 0.15) is 54.4 Å². The van der Waals surface area contributed by atoms with Gasteiger partial charge in [-0.3, -0.25) is 57.7 Å². The Bertz CT molecular complexity index is 2370. The van der Waals surface area contributed by atoms with Crippen molar-refractivity contribution in [2.24, 2.45) is 39.8 Å². The SMILES string of the molecule is CCC[C@H](NC(=O)[C@@H](NC(=O)[C@H](NC(=O)[C@H](CCC(N)=O)NC(=O)[C@H](Cc1ccc(C#N)cc1)NC(C)=O)[C@@H](C)CC)[C@@H](C)O)C(=O)N[C@H](C(=O)N[C@@H](CCCN=C(N)N)C(=O)N1CCC[C@H]1C(=O)N[C@H](C)C(N)=O)[C@@H](C)CC. The average molecular weight is 1110 g/mol. The van der Waals surface area contributed by atoms with Gasteiger partial charge in [0.25, 0.3) is 0 Å². The van der Waals surface area contributed by atoms with Crippen LogP contribution >= 0.6 is 0 Å². The monoisotopic (exact) mass is 1110 g/mol. The number of guanidine groups is 1. The number of nitriles is 1. The quantitative estimate of drug-likeness (QED) is 0.0191. The zero-order valence-electron chi connectivity index (χ0n) is 46.5. The summed E-state index contributed by atoms with van der Waals surface area (Å²) in [5.74, 6) is -9.98. The first kappa shape index (κ1) is 67.2. The van der Waals surface area contributed by atoms with E-state index in [-0.39, 0.29) is 64.0 Å². The van der Waals surface area contributed by atoms with E-state index in [0.717, 1.165) is 0 Å². The van der Waals surface area contributed by atoms with Crippen molar-refractivity contribution in [1.82, 2.24) is 47.4 Å². The molecule has 0 bridgehead atoms. The molecule has 0 radical (unpaired) electrons. The predicted molar refractivity (Wildman–Crippen MR) is 289 cm³/mol. The van der Waals surface area contributed by atoms with Crippen LogP contribution in [0.25, 0.3) is 0 Å². The van der Waals surface area contributed by atoms with Crippen LogP contribution in [0.15, 0.2) is 29.3 Å². The van der Waals surface area contributed by atoms with Crippen molar-refractivity contribution in [3.05, 3.63) is 35.4 Å². The predicted octanol–water partition coefficient (Wildman–Crippen LogP) is -2.91. The van der Waals surface area contributed by atoms with Crippen LogP contribution in [0.3, 0.4) is 0 Å². The third-order valence-electron chi connectivity index (χ3n) is 13.6. The van der Waals surface area contributed by atoms with Gasteiger partial charge in [-0.1, -0.05) is 66.0 Å². The molecular formula is C52H83N15O12. The first-order valence-electron chi connectivity index (χ1n) is 26.7. The van der Waals surface area contributed by atoms with Gasteiger partial charge in [0, 0.05) is 32.9 Å². The molecule has 79 heavy (non-hydrogen) atoms. The van der Waals surface area contributed by atoms with E-state index >= 15 is 0 Å². The van der Waals surface area contributed by atoms with E-state index in [1.54, 1.807) is 46.8 Å². The van der Waals surface area contributed by atoms with Crippen molar-refractivity contribution < 1.29 is 57.8 Å². The van der Waals surface area contributed by atoms with Crippen molar-refractivity contribution in [2.75, 3.05) is 13.1 Å². The molecule has 0 unspecified atom stereocenters. The summed E-state index contributed by atoms with van der Waals surface area (Å²) in [5.41, 5.74) is 22.7. The van der Waals surface area contributed by atoms with Crippen LogP contribution in [0.5, 0.6) is 0 Å². The molecule has 438 valence electrons. The summed E-state index contributed by atoms with van der Waals surface area (Å²) in [7, 11) is 0. The minimum atomic E-state index is -1.72. The fraction of sp³-hybridized carbons (Fsp3) is 0.635. The normalized spacial score (nSPS) is 17.1. The number of hydrogen-bond acceptors (Lipinski definition) is 14. The summed E-state index contributed by atoms with van der Waals surface area (Å²) in [6.45, 7) is 12.6. The molecule has 0 spiro atoms. The Morgan fingerprint density at radius 1 is 0.671 bits per heavy atom. The van der Waals surface area contributed by atoms with Gasteiger partial charge in [-0.25, -0.2) is 0 Å². The fourth-order valence-electron chi connectivity index (χ4n) is 8.52. The number of aliphatic imine (C=N–C) groups is 1. The summed E-state index contributed by atoms with van der Waals surface area (Å²) in [5, 5.41) is 40.8. The molecule has 0 aromatic heterocycles. The zero-order valence-corrected chi connectivity index (χ0v) is 46.5. The first-order valence-corrected chi connectivity index (χ1v) is 26.7. The average Bonchev–Trinajstić information content (AvgIpc) is 3.90. The summed E-state index contributed by atoms with van der Waals surface area (Å²) < 4.78 is 0. The van der Waals surface area contributed by atoms with Gasteiger partial charge in [-0.05, 0) is 81.9 Å². The second-order valence-electron chi connectivity index (χ2n) is 20.0. The molecule has 27 heteroatoms. The maximum absolute atomic E-state index is 14.3. The van der Waals surface area contributed by atoms with Crippen molar-refractivity contribution in [1.29, 1.82) is 5.26 Å². The Kier molecular flexibility index (Phi) is 28.4. The Morgan fingerprint density at radius 2 is 1.18 bits per heavy atom. The number of hydrogen-bond donors (Lipinski definition) is 13. The van der Waals surface area contributed by atoms with E-state index in [9.17, 15) is 63.1 Å². The molecule has 1 aromatic carbocycles. The number of primary amides is 2. The lowest BCUT2D eigenvalue weighted by molar-refractivity contribution is -0.142. The van der Waals surface area contributed by atoms with Crippen molar-refractivity contribution >= 4 is 70.9 Å². The van der Waals surface area contributed by atoms with Gasteiger partial charge in [-0.15, -0.1) is 0 Å². The Morgan fingerprint density at radius 3 is 1.67 bits per heavy atom. The Balaban J connectivity index is 2.38. The van der Waals surface area contributed by atoms with Crippen LogP contribution in [0.2, 0.25) is 0 Å². The number of nitrogens with two attached hydrogens (primary N) is 4. The molecule has 1 aromatic rings. The van der Waals surface area contributed by atoms with Crippen molar-refractivity contribution in [3.8, 4) is 6.07 Å². The zero-order chi connectivity index (χ0) is 59.7. The van der Waals surface area contributed by atoms with Gasteiger partial charge in [-0.2, -0.15) is 5.26 Å². The van der Waals surface area contributed by atoms with E-state index in [1.807, 2.05) is 6.07 Å². The van der Waals surface area contributed by atoms with E-state index in [4.69, 9.17) is 22.9 Å². The standard InChI is InChI=1S/C52H83N15O12/c1-9-14-34(44(72)64-40(27(4)10-2)48(76)63-36(15-12-23-58-52(56)57)51(79)67-24-13-16-38(67)47(75)59-29(6)43(55)71)62-50(78)42(30(7)68)66-49(77)41(28(5)11-3)65-45(73)35(21-22-39(54)70)61-46(74)37(60-31(8)69)25-32-17-19-33(26-53)20-18-32/h17-20,27-30,34-38,40-42,68H,9-16,21-25H2,1-8H3,(H2,54,70)(H2,55,71)(H,59,75)(H,60,69)(H,61,74)(H,62,78)(H,63,76)(H,64,72)(H,65,73)(H,66,77)(H4,56,57,58)/t27-,28-,29+,30+,34-,35-,36-,37-,38-,40-,41+,42-/m0/s1. The number of likely N-dealkylation sites (tertiary alicyclic amines) is 1. The van der Waals surface area contributed by atoms with E-state index in [2.05, 4.69) is 47.5 Å². The van der Waals surface area contributed by atoms with E-state index in [1.165, 1.54) is 37.8 Å². The van der Waals surface area contributed by atoms with Crippen LogP contribution in [0, 0.1) is 23.2 Å². The van der Waals surface area contributed by atoms with Crippen molar-refractivity contribution in [3.63, 3.8) is 0 Å². The summed E-state index contributed by atoms with van der Waals surface area (Å²) >= 11 is 0. The van der Waals surface area contributed by atoms with Crippen LogP contribution in [0.1, 0.15) is 131 Å². The van der Waals surface area contributed by atoms with E-state index in [0.29, 0.717) is 36.8 Å². The number of carbonyl (C=O) groups excluding carboxylic acids is 11. The fourth-order valence-corrected chi connectivity index (χ4v) is 8.52. The number of amides is 11. The highest BCUT2D eigenvalue weighted by molar-refractivity contribution is 5.99. The lowest BCUT2D eigenvalue weighted by Crippen LogP contribution is -2.63. The number of aliphatic hydroxyl groups is 1. The molecule has 1 aliphatic rings. The molecule has 1 heterocycles. The maximum Gasteiger partial charge on any atom is 0.245 e. The van der Waals surface area contributed by atoms with Crippen LogP contribution in [-0.2, 0) is 59.2 Å². The Labute approximate surface area is 461 Å². The Hall–Kier alpha value is -7.89. The third-order valence-corrected chi connectivity index (χ3v) is 13.6. The van der Waals surface area contributed by atoms with E-state index < -0.39 is 137 Å². The lowest BCUT2D eigenvalue weighted by Gasteiger charge is -2.32. The third kappa shape index (κ3) is 22.2. The number of nitrogens with one attached hydrogen (secondary N) is 8. The van der Waals surface area contributed by atoms with Crippen molar-refractivity contribution in [2.45, 2.75) is 186 Å². The summed E-state index contributed by atoms with van der Waals surface area (Å²) in [4.78, 5) is 153. The lowest BCUT2D eigenvalue weighted by atomic mass is 9.96. The highest BCUT2D eigenvalue weighted by Gasteiger charge is 2.41. The second kappa shape index (κ2) is 33.4. The molecule has 1 aliphatic heterocycles. The summed E-state index contributed by atoms with van der Waals surface area (Å²) in [6.07, 6.45) is -0.363. The highest BCUT2D eigenvalue weighted by atomic mass is 16.3. The van der Waals surface area contributed by atoms with Gasteiger partial charge >= 0.3 is 0 Å². The molecule has 2 rings (SSSR count). The summed E-state index contributed by atoms with van der Waals surface area (Å²) in [6, 6.07) is -3.42. The molecule has 1 saturated heterocycles. The van der Waals surface area contributed by atoms with Gasteiger partial charge in [0.05, 0.1) is 17.7 Å². The van der Waals surface area contributed by atoms with Gasteiger partial charge < -0.3 is 75.5 Å². The topological polar surface area (TPSA) is 448 Å². The molecule has 11 amide bonds.